The summed E-state index contributed by atoms with van der Waals surface area (Å²) in [4.78, 5) is 20.7. The van der Waals surface area contributed by atoms with Gasteiger partial charge in [-0.05, 0) is 38.7 Å². The molecule has 1 saturated heterocycles. The van der Waals surface area contributed by atoms with Gasteiger partial charge in [0.15, 0.2) is 0 Å². The van der Waals surface area contributed by atoms with E-state index in [1.807, 2.05) is 11.8 Å². The Kier molecular flexibility index (Phi) is 5.76. The topological polar surface area (TPSA) is 63.9 Å². The number of rotatable bonds is 5. The van der Waals surface area contributed by atoms with Gasteiger partial charge in [0.1, 0.15) is 22.0 Å². The van der Waals surface area contributed by atoms with Gasteiger partial charge in [0.2, 0.25) is 0 Å². The van der Waals surface area contributed by atoms with Crippen molar-refractivity contribution < 1.29 is 4.79 Å². The fourth-order valence-electron chi connectivity index (χ4n) is 3.94. The highest BCUT2D eigenvalue weighted by molar-refractivity contribution is 7.17. The maximum atomic E-state index is 13.3. The van der Waals surface area contributed by atoms with Gasteiger partial charge in [-0.25, -0.2) is 4.98 Å². The second-order valence-corrected chi connectivity index (χ2v) is 8.55. The molecule has 1 unspecified atom stereocenters. The van der Waals surface area contributed by atoms with Crippen LogP contribution in [0, 0.1) is 6.92 Å². The lowest BCUT2D eigenvalue weighted by molar-refractivity contribution is 0.0707. The number of aromatic nitrogens is 4. The third-order valence-electron chi connectivity index (χ3n) is 5.66. The molecule has 29 heavy (non-hydrogen) atoms. The van der Waals surface area contributed by atoms with E-state index in [0.717, 1.165) is 59.3 Å². The van der Waals surface area contributed by atoms with Gasteiger partial charge in [-0.15, -0.1) is 21.5 Å². The number of hydrogen-bond donors (Lipinski definition) is 0. The molecule has 152 valence electrons. The molecule has 0 bridgehead atoms. The van der Waals surface area contributed by atoms with E-state index in [2.05, 4.69) is 52.9 Å². The van der Waals surface area contributed by atoms with Crippen molar-refractivity contribution >= 4 is 17.2 Å². The Hall–Kier alpha value is -2.54. The summed E-state index contributed by atoms with van der Waals surface area (Å²) in [6.07, 6.45) is 4.82. The van der Waals surface area contributed by atoms with Crippen molar-refractivity contribution in [2.75, 3.05) is 13.1 Å². The highest BCUT2D eigenvalue weighted by Crippen LogP contribution is 2.31. The summed E-state index contributed by atoms with van der Waals surface area (Å²) in [5, 5.41) is 9.29. The number of aryl methyl sites for hydroxylation is 3. The number of carbonyl (C=O) groups is 1. The molecule has 1 aliphatic rings. The molecule has 0 N–H and O–H groups in total. The number of nitrogens with zero attached hydrogens (tertiary/aromatic N) is 5. The smallest absolute Gasteiger partial charge is 0.265 e. The third kappa shape index (κ3) is 3.96. The van der Waals surface area contributed by atoms with Crippen molar-refractivity contribution in [2.45, 2.75) is 52.5 Å². The number of thiazole rings is 1. The minimum atomic E-state index is 0.0868. The van der Waals surface area contributed by atoms with Gasteiger partial charge in [0.25, 0.3) is 5.91 Å². The van der Waals surface area contributed by atoms with Crippen LogP contribution in [-0.2, 0) is 13.0 Å². The van der Waals surface area contributed by atoms with Gasteiger partial charge in [-0.1, -0.05) is 31.2 Å². The molecule has 7 heteroatoms. The highest BCUT2D eigenvalue weighted by atomic mass is 32.1. The van der Waals surface area contributed by atoms with E-state index in [1.165, 1.54) is 16.9 Å². The molecule has 2 aromatic heterocycles. The fraction of sp³-hybridized carbons (Fsp3) is 0.455. The summed E-state index contributed by atoms with van der Waals surface area (Å²) >= 11 is 1.50. The number of piperidine rings is 1. The Morgan fingerprint density at radius 3 is 2.76 bits per heavy atom. The Labute approximate surface area is 175 Å². The second-order valence-electron chi connectivity index (χ2n) is 7.55. The lowest BCUT2D eigenvalue weighted by Crippen LogP contribution is -2.39. The maximum absolute atomic E-state index is 13.3. The number of likely N-dealkylation sites (tertiary alicyclic amines) is 1. The van der Waals surface area contributed by atoms with Crippen molar-refractivity contribution in [3.8, 4) is 10.6 Å². The van der Waals surface area contributed by atoms with Crippen molar-refractivity contribution in [1.29, 1.82) is 0 Å². The Morgan fingerprint density at radius 2 is 2.03 bits per heavy atom. The molecule has 0 radical (unpaired) electrons. The van der Waals surface area contributed by atoms with E-state index in [4.69, 9.17) is 4.98 Å². The molecule has 0 spiro atoms. The predicted octanol–water partition coefficient (Wildman–Crippen LogP) is 4.31. The van der Waals surface area contributed by atoms with Gasteiger partial charge < -0.3 is 9.47 Å². The molecule has 1 fully saturated rings. The maximum Gasteiger partial charge on any atom is 0.265 e. The van der Waals surface area contributed by atoms with Gasteiger partial charge >= 0.3 is 0 Å². The summed E-state index contributed by atoms with van der Waals surface area (Å²) in [7, 11) is 0. The van der Waals surface area contributed by atoms with Crippen molar-refractivity contribution in [2.24, 2.45) is 0 Å². The van der Waals surface area contributed by atoms with Gasteiger partial charge in [-0.3, -0.25) is 4.79 Å². The third-order valence-corrected chi connectivity index (χ3v) is 6.85. The van der Waals surface area contributed by atoms with E-state index >= 15 is 0 Å². The molecule has 6 nitrogen and oxygen atoms in total. The first-order chi connectivity index (χ1) is 14.1. The first-order valence-electron chi connectivity index (χ1n) is 10.3. The zero-order chi connectivity index (χ0) is 20.4. The molecule has 1 aliphatic heterocycles. The Morgan fingerprint density at radius 1 is 1.24 bits per heavy atom. The SMILES string of the molecule is CCc1ccc(-c2nc(C)c(C(=O)N3CCCC(c4nncn4CC)C3)s2)cc1. The summed E-state index contributed by atoms with van der Waals surface area (Å²) in [6.45, 7) is 8.49. The van der Waals surface area contributed by atoms with Crippen LogP contribution in [-0.4, -0.2) is 43.6 Å². The zero-order valence-corrected chi connectivity index (χ0v) is 18.1. The molecule has 0 saturated carbocycles. The molecule has 4 rings (SSSR count). The van der Waals surface area contributed by atoms with Crippen LogP contribution >= 0.6 is 11.3 Å². The van der Waals surface area contributed by atoms with Crippen LogP contribution in [0.25, 0.3) is 10.6 Å². The van der Waals surface area contributed by atoms with E-state index in [9.17, 15) is 4.79 Å². The highest BCUT2D eigenvalue weighted by Gasteiger charge is 2.30. The monoisotopic (exact) mass is 409 g/mol. The van der Waals surface area contributed by atoms with Crippen molar-refractivity contribution in [3.63, 3.8) is 0 Å². The average molecular weight is 410 g/mol. The van der Waals surface area contributed by atoms with Crippen LogP contribution in [0.2, 0.25) is 0 Å². The van der Waals surface area contributed by atoms with Crippen molar-refractivity contribution in [3.05, 3.63) is 52.6 Å². The number of benzene rings is 1. The van der Waals surface area contributed by atoms with E-state index < -0.39 is 0 Å². The first-order valence-corrected chi connectivity index (χ1v) is 11.2. The van der Waals surface area contributed by atoms with Crippen LogP contribution in [0.4, 0.5) is 0 Å². The van der Waals surface area contributed by atoms with Crippen LogP contribution in [0.5, 0.6) is 0 Å². The quantitative estimate of drug-likeness (QED) is 0.630. The minimum Gasteiger partial charge on any atom is -0.337 e. The molecular formula is C22H27N5OS. The normalized spacial score (nSPS) is 16.9. The van der Waals surface area contributed by atoms with Crippen LogP contribution in [0.1, 0.15) is 59.4 Å². The van der Waals surface area contributed by atoms with Gasteiger partial charge in [0, 0.05) is 31.1 Å². The van der Waals surface area contributed by atoms with E-state index in [-0.39, 0.29) is 11.8 Å². The Bertz CT molecular complexity index is 991. The summed E-state index contributed by atoms with van der Waals surface area (Å²) in [6, 6.07) is 8.46. The second kappa shape index (κ2) is 8.45. The molecule has 0 aliphatic carbocycles. The molecule has 1 amide bonds. The standard InChI is InChI=1S/C22H27N5OS/c1-4-16-8-10-17(11-9-16)21-24-15(3)19(29-21)22(28)27-12-6-7-18(13-27)20-25-23-14-26(20)5-2/h8-11,14,18H,4-7,12-13H2,1-3H3. The summed E-state index contributed by atoms with van der Waals surface area (Å²) < 4.78 is 2.08. The first kappa shape index (κ1) is 19.8. The van der Waals surface area contributed by atoms with Crippen molar-refractivity contribution in [1.82, 2.24) is 24.6 Å². The van der Waals surface area contributed by atoms with Crippen LogP contribution in [0.3, 0.4) is 0 Å². The number of carbonyl (C=O) groups excluding carboxylic acids is 1. The number of hydrogen-bond acceptors (Lipinski definition) is 5. The largest absolute Gasteiger partial charge is 0.337 e. The van der Waals surface area contributed by atoms with E-state index in [1.54, 1.807) is 6.33 Å². The molecule has 1 aromatic carbocycles. The summed E-state index contributed by atoms with van der Waals surface area (Å²) in [5.74, 6) is 1.32. The predicted molar refractivity (Wildman–Crippen MR) is 115 cm³/mol. The van der Waals surface area contributed by atoms with Gasteiger partial charge in [0.05, 0.1) is 5.69 Å². The fourth-order valence-corrected chi connectivity index (χ4v) is 4.98. The summed E-state index contributed by atoms with van der Waals surface area (Å²) in [5.41, 5.74) is 3.19. The molecular weight excluding hydrogens is 382 g/mol. The lowest BCUT2D eigenvalue weighted by Gasteiger charge is -2.32. The minimum absolute atomic E-state index is 0.0868. The zero-order valence-electron chi connectivity index (χ0n) is 17.3. The lowest BCUT2D eigenvalue weighted by atomic mass is 9.97. The molecule has 1 atom stereocenters. The molecule has 3 aromatic rings. The average Bonchev–Trinajstić information content (AvgIpc) is 3.40. The molecule has 3 heterocycles. The van der Waals surface area contributed by atoms with Crippen LogP contribution < -0.4 is 0 Å². The van der Waals surface area contributed by atoms with Crippen LogP contribution in [0.15, 0.2) is 30.6 Å². The number of amides is 1. The Balaban J connectivity index is 1.54. The van der Waals surface area contributed by atoms with Gasteiger partial charge in [-0.2, -0.15) is 0 Å². The van der Waals surface area contributed by atoms with E-state index in [0.29, 0.717) is 6.54 Å².